The van der Waals surface area contributed by atoms with E-state index in [4.69, 9.17) is 9.47 Å². The average molecular weight is 755 g/mol. The second-order valence-corrected chi connectivity index (χ2v) is 15.9. The predicted octanol–water partition coefficient (Wildman–Crippen LogP) is 7.67. The van der Waals surface area contributed by atoms with Gasteiger partial charge in [0, 0.05) is 27.6 Å². The van der Waals surface area contributed by atoms with Gasteiger partial charge in [-0.15, -0.1) is 23.1 Å². The number of rotatable bonds is 10. The second kappa shape index (κ2) is 17.0. The molecule has 3 N–H and O–H groups in total. The van der Waals surface area contributed by atoms with Crippen LogP contribution in [0.25, 0.3) is 6.08 Å². The summed E-state index contributed by atoms with van der Waals surface area (Å²) in [5.74, 6) is -1.86. The number of hydrogen-bond acceptors (Lipinski definition) is 9. The lowest BCUT2D eigenvalue weighted by Crippen LogP contribution is -2.39. The zero-order chi connectivity index (χ0) is 38.3. The standard InChI is InChI=1S/C40H42N4O7S2/c1-24-15-17-26(18-16-24)21-31(42-35(46)27-11-8-7-9-12-27)36(47)41-28-13-10-14-29(22-28)52-25(2)34(45)43-37-33(38(48)50-6)30-19-20-44(23-32(30)53-37)39(49)51-40(3,4)5/h7-18,21-22,25H,19-20,23H2,1-6H3,(H,41,47)(H,42,46)(H,43,45)/b31-21+. The van der Waals surface area contributed by atoms with Crippen molar-refractivity contribution in [3.05, 3.63) is 117 Å². The van der Waals surface area contributed by atoms with Crippen LogP contribution in [0, 0.1) is 6.92 Å². The Bertz CT molecular complexity index is 2040. The number of carbonyl (C=O) groups excluding carboxylic acids is 5. The van der Waals surface area contributed by atoms with Crippen LogP contribution in [0.15, 0.2) is 89.5 Å². The number of nitrogens with one attached hydrogen (secondary N) is 3. The Balaban J connectivity index is 1.28. The highest BCUT2D eigenvalue weighted by Gasteiger charge is 2.33. The molecule has 0 bridgehead atoms. The molecule has 1 aliphatic rings. The number of thiophene rings is 1. The summed E-state index contributed by atoms with van der Waals surface area (Å²) in [6.45, 7) is 9.71. The van der Waals surface area contributed by atoms with Gasteiger partial charge in [0.25, 0.3) is 11.8 Å². The highest BCUT2D eigenvalue weighted by Crippen LogP contribution is 2.38. The summed E-state index contributed by atoms with van der Waals surface area (Å²) < 4.78 is 10.6. The van der Waals surface area contributed by atoms with Crippen molar-refractivity contribution >= 4 is 69.6 Å². The molecule has 11 nitrogen and oxygen atoms in total. The van der Waals surface area contributed by atoms with E-state index in [0.29, 0.717) is 39.7 Å². The number of nitrogens with zero attached hydrogens (tertiary/aromatic N) is 1. The molecule has 53 heavy (non-hydrogen) atoms. The predicted molar refractivity (Wildman–Crippen MR) is 208 cm³/mol. The highest BCUT2D eigenvalue weighted by atomic mass is 32.2. The normalized spacial score (nSPS) is 13.3. The molecule has 3 aromatic carbocycles. The lowest BCUT2D eigenvalue weighted by atomic mass is 10.0. The molecule has 4 aromatic rings. The van der Waals surface area contributed by atoms with E-state index >= 15 is 0 Å². The summed E-state index contributed by atoms with van der Waals surface area (Å²) in [7, 11) is 1.29. The van der Waals surface area contributed by atoms with Crippen molar-refractivity contribution in [1.29, 1.82) is 0 Å². The van der Waals surface area contributed by atoms with Gasteiger partial charge in [-0.25, -0.2) is 9.59 Å². The fourth-order valence-electron chi connectivity index (χ4n) is 5.38. The maximum atomic E-state index is 13.6. The number of anilines is 2. The molecule has 0 spiro atoms. The molecule has 1 atom stereocenters. The zero-order valence-electron chi connectivity index (χ0n) is 30.4. The molecule has 1 unspecified atom stereocenters. The van der Waals surface area contributed by atoms with Gasteiger partial charge in [0.2, 0.25) is 5.91 Å². The van der Waals surface area contributed by atoms with Crippen LogP contribution >= 0.6 is 23.1 Å². The van der Waals surface area contributed by atoms with Crippen molar-refractivity contribution < 1.29 is 33.4 Å². The Labute approximate surface area is 317 Å². The van der Waals surface area contributed by atoms with Crippen molar-refractivity contribution in [2.45, 2.75) is 63.3 Å². The second-order valence-electron chi connectivity index (χ2n) is 13.4. The molecular formula is C40H42N4O7S2. The van der Waals surface area contributed by atoms with Gasteiger partial charge >= 0.3 is 12.1 Å². The largest absolute Gasteiger partial charge is 0.465 e. The molecule has 0 saturated carbocycles. The third-order valence-electron chi connectivity index (χ3n) is 8.03. The number of carbonyl (C=O) groups is 5. The number of esters is 1. The number of amides is 4. The van der Waals surface area contributed by atoms with Crippen molar-refractivity contribution in [2.24, 2.45) is 0 Å². The Morgan fingerprint density at radius 2 is 1.66 bits per heavy atom. The van der Waals surface area contributed by atoms with E-state index in [1.165, 1.54) is 30.2 Å². The molecule has 0 fully saturated rings. The van der Waals surface area contributed by atoms with E-state index in [-0.39, 0.29) is 18.1 Å². The van der Waals surface area contributed by atoms with Gasteiger partial charge in [0.05, 0.1) is 24.5 Å². The molecule has 1 aliphatic heterocycles. The molecule has 13 heteroatoms. The number of hydrogen-bond donors (Lipinski definition) is 3. The molecule has 2 heterocycles. The number of aryl methyl sites for hydroxylation is 1. The van der Waals surface area contributed by atoms with Crippen molar-refractivity contribution in [3.8, 4) is 0 Å². The van der Waals surface area contributed by atoms with Crippen molar-refractivity contribution in [1.82, 2.24) is 10.2 Å². The van der Waals surface area contributed by atoms with Gasteiger partial charge in [-0.2, -0.15) is 0 Å². The smallest absolute Gasteiger partial charge is 0.410 e. The Kier molecular flexibility index (Phi) is 12.4. The quantitative estimate of drug-likeness (QED) is 0.0851. The Morgan fingerprint density at radius 3 is 2.34 bits per heavy atom. The van der Waals surface area contributed by atoms with Gasteiger partial charge in [0.15, 0.2) is 0 Å². The average Bonchev–Trinajstić information content (AvgIpc) is 3.48. The van der Waals surface area contributed by atoms with E-state index in [2.05, 4.69) is 16.0 Å². The topological polar surface area (TPSA) is 143 Å². The minimum Gasteiger partial charge on any atom is -0.465 e. The maximum Gasteiger partial charge on any atom is 0.410 e. The summed E-state index contributed by atoms with van der Waals surface area (Å²) in [5.41, 5.74) is 3.11. The minimum absolute atomic E-state index is 0.0581. The monoisotopic (exact) mass is 754 g/mol. The fourth-order valence-corrected chi connectivity index (χ4v) is 7.56. The van der Waals surface area contributed by atoms with Gasteiger partial charge < -0.3 is 30.3 Å². The van der Waals surface area contributed by atoms with Crippen LogP contribution in [-0.4, -0.2) is 59.2 Å². The van der Waals surface area contributed by atoms with Gasteiger partial charge in [-0.1, -0.05) is 54.1 Å². The van der Waals surface area contributed by atoms with Crippen LogP contribution < -0.4 is 16.0 Å². The minimum atomic E-state index is -0.649. The highest BCUT2D eigenvalue weighted by molar-refractivity contribution is 8.00. The zero-order valence-corrected chi connectivity index (χ0v) is 32.0. The summed E-state index contributed by atoms with van der Waals surface area (Å²) in [5, 5.41) is 8.28. The first kappa shape index (κ1) is 38.8. The Hall–Kier alpha value is -5.40. The number of benzene rings is 3. The van der Waals surface area contributed by atoms with Crippen LogP contribution in [-0.2, 0) is 32.0 Å². The molecular weight excluding hydrogens is 713 g/mol. The van der Waals surface area contributed by atoms with Gasteiger partial charge in [-0.3, -0.25) is 14.4 Å². The fraction of sp³-hybridized carbons (Fsp3) is 0.275. The van der Waals surface area contributed by atoms with Gasteiger partial charge in [0.1, 0.15) is 16.3 Å². The van der Waals surface area contributed by atoms with E-state index in [9.17, 15) is 24.0 Å². The third kappa shape index (κ3) is 10.4. The number of ether oxygens (including phenoxy) is 2. The lowest BCUT2D eigenvalue weighted by Gasteiger charge is -2.30. The number of thioether (sulfide) groups is 1. The summed E-state index contributed by atoms with van der Waals surface area (Å²) in [6, 6.07) is 23.2. The molecule has 0 aliphatic carbocycles. The van der Waals surface area contributed by atoms with Crippen LogP contribution in [0.1, 0.15) is 70.0 Å². The van der Waals surface area contributed by atoms with Crippen molar-refractivity contribution in [2.75, 3.05) is 24.3 Å². The molecule has 4 amide bonds. The summed E-state index contributed by atoms with van der Waals surface area (Å²) in [4.78, 5) is 68.8. The molecule has 0 radical (unpaired) electrons. The van der Waals surface area contributed by atoms with Crippen LogP contribution in [0.4, 0.5) is 15.5 Å². The Morgan fingerprint density at radius 1 is 0.943 bits per heavy atom. The first-order chi connectivity index (χ1) is 25.2. The summed E-state index contributed by atoms with van der Waals surface area (Å²) in [6.07, 6.45) is 1.58. The summed E-state index contributed by atoms with van der Waals surface area (Å²) >= 11 is 2.51. The first-order valence-corrected chi connectivity index (χ1v) is 18.6. The molecule has 5 rings (SSSR count). The van der Waals surface area contributed by atoms with Crippen molar-refractivity contribution in [3.63, 3.8) is 0 Å². The van der Waals surface area contributed by atoms with Gasteiger partial charge in [-0.05, 0) is 88.6 Å². The van der Waals surface area contributed by atoms with Crippen LogP contribution in [0.3, 0.4) is 0 Å². The van der Waals surface area contributed by atoms with E-state index < -0.39 is 34.7 Å². The lowest BCUT2D eigenvalue weighted by molar-refractivity contribution is -0.115. The number of fused-ring (bicyclic) bond motifs is 1. The van der Waals surface area contributed by atoms with Crippen LogP contribution in [0.5, 0.6) is 0 Å². The molecule has 0 saturated heterocycles. The maximum absolute atomic E-state index is 13.6. The molecule has 276 valence electrons. The first-order valence-electron chi connectivity index (χ1n) is 16.9. The SMILES string of the molecule is COC(=O)c1c(NC(=O)C(C)Sc2cccc(NC(=O)/C(=C\c3ccc(C)cc3)NC(=O)c3ccccc3)c2)sc2c1CCN(C(=O)OC(C)(C)C)C2. The van der Waals surface area contributed by atoms with E-state index in [1.54, 1.807) is 87.2 Å². The number of methoxy groups -OCH3 is 1. The van der Waals surface area contributed by atoms with E-state index in [1.807, 2.05) is 37.3 Å². The van der Waals surface area contributed by atoms with E-state index in [0.717, 1.165) is 21.6 Å². The molecule has 1 aromatic heterocycles. The third-order valence-corrected chi connectivity index (χ3v) is 10.3. The van der Waals surface area contributed by atoms with Crippen LogP contribution in [0.2, 0.25) is 0 Å².